The van der Waals surface area contributed by atoms with E-state index in [0.29, 0.717) is 12.2 Å². The van der Waals surface area contributed by atoms with Crippen LogP contribution in [0.2, 0.25) is 0 Å². The van der Waals surface area contributed by atoms with E-state index in [4.69, 9.17) is 0 Å². The second-order valence-corrected chi connectivity index (χ2v) is 5.53. The molecule has 1 aromatic carbocycles. The fourth-order valence-electron chi connectivity index (χ4n) is 2.79. The summed E-state index contributed by atoms with van der Waals surface area (Å²) in [7, 11) is 3.59. The molecule has 2 N–H and O–H groups in total. The largest absolute Gasteiger partial charge is 0.388 e. The lowest BCUT2D eigenvalue weighted by Gasteiger charge is -2.30. The van der Waals surface area contributed by atoms with Crippen LogP contribution >= 0.6 is 0 Å². The maximum Gasteiger partial charge on any atom is 0.273 e. The molecule has 0 aliphatic heterocycles. The first kappa shape index (κ1) is 14.6. The Bertz CT molecular complexity index is 498. The van der Waals surface area contributed by atoms with Crippen molar-refractivity contribution in [2.45, 2.75) is 31.3 Å². The number of nitro benzene ring substituents is 1. The van der Waals surface area contributed by atoms with Gasteiger partial charge in [-0.25, -0.2) is 0 Å². The van der Waals surface area contributed by atoms with Gasteiger partial charge in [0.2, 0.25) is 0 Å². The van der Waals surface area contributed by atoms with Gasteiger partial charge in [0.1, 0.15) is 0 Å². The van der Waals surface area contributed by atoms with Crippen LogP contribution in [0.4, 0.5) is 17.1 Å². The number of likely N-dealkylation sites (N-methyl/N-ethyl adjacent to an activating group) is 1. The average molecular weight is 279 g/mol. The lowest BCUT2D eigenvalue weighted by molar-refractivity contribution is -0.384. The molecule has 0 aromatic heterocycles. The number of non-ortho nitro benzene ring substituents is 1. The minimum Gasteiger partial charge on any atom is -0.388 e. The smallest absolute Gasteiger partial charge is 0.273 e. The standard InChI is InChI=1S/C14H21N3O3/c1-15-11-7-12(9-13(8-11)17(19)20)16(2)10-14(18)5-3-4-6-14/h7-9,15,18H,3-6,10H2,1-2H3. The Morgan fingerprint density at radius 3 is 2.60 bits per heavy atom. The van der Waals surface area contributed by atoms with Gasteiger partial charge in [0.05, 0.1) is 10.5 Å². The minimum atomic E-state index is -0.667. The molecule has 0 radical (unpaired) electrons. The molecule has 2 rings (SSSR count). The van der Waals surface area contributed by atoms with Crippen molar-refractivity contribution in [3.63, 3.8) is 0 Å². The van der Waals surface area contributed by atoms with Gasteiger partial charge in [0.15, 0.2) is 0 Å². The highest BCUT2D eigenvalue weighted by Gasteiger charge is 2.32. The summed E-state index contributed by atoms with van der Waals surface area (Å²) in [4.78, 5) is 12.4. The van der Waals surface area contributed by atoms with E-state index < -0.39 is 10.5 Å². The quantitative estimate of drug-likeness (QED) is 0.639. The van der Waals surface area contributed by atoms with Crippen LogP contribution in [-0.4, -0.2) is 36.3 Å². The van der Waals surface area contributed by atoms with Crippen molar-refractivity contribution in [2.24, 2.45) is 0 Å². The van der Waals surface area contributed by atoms with Crippen molar-refractivity contribution in [3.05, 3.63) is 28.3 Å². The number of benzene rings is 1. The van der Waals surface area contributed by atoms with E-state index in [0.717, 1.165) is 31.4 Å². The highest BCUT2D eigenvalue weighted by atomic mass is 16.6. The molecule has 1 fully saturated rings. The first-order valence-electron chi connectivity index (χ1n) is 6.84. The van der Waals surface area contributed by atoms with Crippen molar-refractivity contribution in [2.75, 3.05) is 30.9 Å². The highest BCUT2D eigenvalue weighted by Crippen LogP contribution is 2.32. The van der Waals surface area contributed by atoms with Crippen LogP contribution in [-0.2, 0) is 0 Å². The van der Waals surface area contributed by atoms with E-state index in [1.807, 2.05) is 18.0 Å². The van der Waals surface area contributed by atoms with E-state index >= 15 is 0 Å². The number of anilines is 2. The molecule has 1 saturated carbocycles. The molecule has 0 spiro atoms. The van der Waals surface area contributed by atoms with E-state index in [2.05, 4.69) is 5.32 Å². The minimum absolute atomic E-state index is 0.0529. The Kier molecular flexibility index (Phi) is 4.13. The van der Waals surface area contributed by atoms with Crippen molar-refractivity contribution < 1.29 is 10.0 Å². The summed E-state index contributed by atoms with van der Waals surface area (Å²) in [5.41, 5.74) is 0.819. The number of rotatable bonds is 5. The monoisotopic (exact) mass is 279 g/mol. The number of nitro groups is 1. The van der Waals surface area contributed by atoms with Crippen LogP contribution in [0.1, 0.15) is 25.7 Å². The number of nitrogens with zero attached hydrogens (tertiary/aromatic N) is 2. The third-order valence-corrected chi connectivity index (χ3v) is 3.91. The Morgan fingerprint density at radius 1 is 1.40 bits per heavy atom. The predicted octanol–water partition coefficient (Wildman–Crippen LogP) is 2.38. The Morgan fingerprint density at radius 2 is 2.05 bits per heavy atom. The van der Waals surface area contributed by atoms with Gasteiger partial charge < -0.3 is 15.3 Å². The molecule has 0 unspecified atom stereocenters. The normalized spacial score (nSPS) is 16.9. The van der Waals surface area contributed by atoms with Crippen molar-refractivity contribution in [1.29, 1.82) is 0 Å². The molecule has 0 heterocycles. The van der Waals surface area contributed by atoms with Crippen molar-refractivity contribution in [1.82, 2.24) is 0 Å². The Labute approximate surface area is 118 Å². The van der Waals surface area contributed by atoms with Gasteiger partial charge in [-0.05, 0) is 18.9 Å². The van der Waals surface area contributed by atoms with Crippen LogP contribution in [0.15, 0.2) is 18.2 Å². The lowest BCUT2D eigenvalue weighted by atomic mass is 10.0. The summed E-state index contributed by atoms with van der Waals surface area (Å²) in [6.45, 7) is 0.497. The van der Waals surface area contributed by atoms with Crippen LogP contribution in [0, 0.1) is 10.1 Å². The van der Waals surface area contributed by atoms with Crippen LogP contribution in [0.3, 0.4) is 0 Å². The lowest BCUT2D eigenvalue weighted by Crippen LogP contribution is -2.39. The van der Waals surface area contributed by atoms with E-state index in [1.54, 1.807) is 13.1 Å². The summed E-state index contributed by atoms with van der Waals surface area (Å²) in [6, 6.07) is 4.89. The van der Waals surface area contributed by atoms with Crippen LogP contribution in [0.25, 0.3) is 0 Å². The zero-order valence-electron chi connectivity index (χ0n) is 11.9. The van der Waals surface area contributed by atoms with Gasteiger partial charge >= 0.3 is 0 Å². The molecule has 1 aliphatic carbocycles. The first-order chi connectivity index (χ1) is 9.43. The molecular weight excluding hydrogens is 258 g/mol. The van der Waals surface area contributed by atoms with Gasteiger partial charge in [0, 0.05) is 44.1 Å². The maximum absolute atomic E-state index is 11.0. The zero-order chi connectivity index (χ0) is 14.8. The highest BCUT2D eigenvalue weighted by molar-refractivity contribution is 5.64. The van der Waals surface area contributed by atoms with Gasteiger partial charge in [-0.3, -0.25) is 10.1 Å². The van der Waals surface area contributed by atoms with Gasteiger partial charge in [0.25, 0.3) is 5.69 Å². The molecule has 20 heavy (non-hydrogen) atoms. The van der Waals surface area contributed by atoms with Crippen LogP contribution in [0.5, 0.6) is 0 Å². The average Bonchev–Trinajstić information content (AvgIpc) is 2.84. The molecule has 1 aliphatic rings. The fraction of sp³-hybridized carbons (Fsp3) is 0.571. The van der Waals surface area contributed by atoms with Gasteiger partial charge in [-0.1, -0.05) is 12.8 Å². The van der Waals surface area contributed by atoms with Crippen molar-refractivity contribution >= 4 is 17.1 Å². The van der Waals surface area contributed by atoms with Crippen LogP contribution < -0.4 is 10.2 Å². The Hall–Kier alpha value is -1.82. The maximum atomic E-state index is 11.0. The topological polar surface area (TPSA) is 78.6 Å². The second kappa shape index (κ2) is 5.66. The van der Waals surface area contributed by atoms with E-state index in [1.165, 1.54) is 6.07 Å². The van der Waals surface area contributed by atoms with Gasteiger partial charge in [-0.2, -0.15) is 0 Å². The number of aliphatic hydroxyl groups is 1. The molecule has 0 amide bonds. The number of nitrogens with one attached hydrogen (secondary N) is 1. The van der Waals surface area contributed by atoms with Gasteiger partial charge in [-0.15, -0.1) is 0 Å². The molecule has 0 atom stereocenters. The van der Waals surface area contributed by atoms with E-state index in [9.17, 15) is 15.2 Å². The Balaban J connectivity index is 2.22. The molecule has 0 saturated heterocycles. The second-order valence-electron chi connectivity index (χ2n) is 5.53. The van der Waals surface area contributed by atoms with E-state index in [-0.39, 0.29) is 5.69 Å². The molecule has 6 nitrogen and oxygen atoms in total. The summed E-state index contributed by atoms with van der Waals surface area (Å²) < 4.78 is 0. The summed E-state index contributed by atoms with van der Waals surface area (Å²) in [6.07, 6.45) is 3.68. The summed E-state index contributed by atoms with van der Waals surface area (Å²) in [5.74, 6) is 0. The summed E-state index contributed by atoms with van der Waals surface area (Å²) in [5, 5.41) is 24.3. The summed E-state index contributed by atoms with van der Waals surface area (Å²) >= 11 is 0. The molecule has 110 valence electrons. The number of hydrogen-bond donors (Lipinski definition) is 2. The predicted molar refractivity (Wildman–Crippen MR) is 79.3 cm³/mol. The molecule has 6 heteroatoms. The first-order valence-corrected chi connectivity index (χ1v) is 6.84. The molecule has 1 aromatic rings. The fourth-order valence-corrected chi connectivity index (χ4v) is 2.79. The molecule has 0 bridgehead atoms. The molecular formula is C14H21N3O3. The third-order valence-electron chi connectivity index (χ3n) is 3.91. The van der Waals surface area contributed by atoms with Crippen molar-refractivity contribution in [3.8, 4) is 0 Å². The SMILES string of the molecule is CNc1cc(N(C)CC2(O)CCCC2)cc([N+](=O)[O-])c1. The zero-order valence-corrected chi connectivity index (χ0v) is 11.9. The number of hydrogen-bond acceptors (Lipinski definition) is 5. The third kappa shape index (κ3) is 3.19.